The minimum Gasteiger partial charge on any atom is -0.465 e. The van der Waals surface area contributed by atoms with Gasteiger partial charge >= 0.3 is 5.97 Å². The van der Waals surface area contributed by atoms with Crippen LogP contribution in [0.5, 0.6) is 0 Å². The van der Waals surface area contributed by atoms with Crippen molar-refractivity contribution in [3.8, 4) is 6.07 Å². The van der Waals surface area contributed by atoms with E-state index in [9.17, 15) is 10.1 Å². The second kappa shape index (κ2) is 5.95. The predicted molar refractivity (Wildman–Crippen MR) is 93.3 cm³/mol. The lowest BCUT2D eigenvalue weighted by Gasteiger charge is -2.28. The van der Waals surface area contributed by atoms with E-state index in [1.807, 2.05) is 12.1 Å². The standard InChI is InChI=1S/C19H16N4O2/c1-25-19(24)14-6-2-5-13-15-11-23(9-7-16(15)22-17(13)14)18-12(10-20)4-3-8-21-18/h2-6,8,22H,7,9,11H2,1H3. The summed E-state index contributed by atoms with van der Waals surface area (Å²) in [5, 5.41) is 10.3. The number of carbonyl (C=O) groups excluding carboxylic acids is 1. The monoisotopic (exact) mass is 332 g/mol. The molecule has 0 fully saturated rings. The quantitative estimate of drug-likeness (QED) is 0.730. The number of methoxy groups -OCH3 is 1. The third-order valence-corrected chi connectivity index (χ3v) is 4.62. The van der Waals surface area contributed by atoms with Gasteiger partial charge in [0.1, 0.15) is 11.9 Å². The Kier molecular flexibility index (Phi) is 3.62. The number of ether oxygens (including phenoxy) is 1. The Hall–Kier alpha value is -3.33. The van der Waals surface area contributed by atoms with Crippen molar-refractivity contribution < 1.29 is 9.53 Å². The average Bonchev–Trinajstić information content (AvgIpc) is 3.05. The first kappa shape index (κ1) is 15.2. The number of H-pyrrole nitrogens is 1. The van der Waals surface area contributed by atoms with Gasteiger partial charge in [0.2, 0.25) is 0 Å². The number of nitriles is 1. The molecule has 0 aliphatic carbocycles. The van der Waals surface area contributed by atoms with E-state index in [1.54, 1.807) is 24.4 Å². The zero-order valence-electron chi connectivity index (χ0n) is 13.7. The molecule has 25 heavy (non-hydrogen) atoms. The van der Waals surface area contributed by atoms with Crippen molar-refractivity contribution in [1.29, 1.82) is 5.26 Å². The van der Waals surface area contributed by atoms with Gasteiger partial charge < -0.3 is 14.6 Å². The minimum atomic E-state index is -0.349. The maximum atomic E-state index is 12.0. The number of anilines is 1. The SMILES string of the molecule is COC(=O)c1cccc2c3c([nH]c12)CCN(c1ncccc1C#N)C3. The number of nitrogens with one attached hydrogen (secondary N) is 1. The van der Waals surface area contributed by atoms with Crippen LogP contribution >= 0.6 is 0 Å². The highest BCUT2D eigenvalue weighted by Gasteiger charge is 2.25. The van der Waals surface area contributed by atoms with Crippen LogP contribution in [0, 0.1) is 11.3 Å². The fourth-order valence-corrected chi connectivity index (χ4v) is 3.44. The third kappa shape index (κ3) is 2.41. The first-order valence-corrected chi connectivity index (χ1v) is 8.03. The van der Waals surface area contributed by atoms with Crippen LogP contribution in [0.4, 0.5) is 5.82 Å². The van der Waals surface area contributed by atoms with Crippen molar-refractivity contribution in [3.63, 3.8) is 0 Å². The maximum Gasteiger partial charge on any atom is 0.339 e. The lowest BCUT2D eigenvalue weighted by Crippen LogP contribution is -2.31. The summed E-state index contributed by atoms with van der Waals surface area (Å²) in [5.41, 5.74) is 4.18. The summed E-state index contributed by atoms with van der Waals surface area (Å²) in [4.78, 5) is 21.9. The molecule has 6 heteroatoms. The second-order valence-electron chi connectivity index (χ2n) is 5.96. The molecule has 3 heterocycles. The van der Waals surface area contributed by atoms with E-state index < -0.39 is 0 Å². The first-order chi connectivity index (χ1) is 12.2. The molecule has 0 unspecified atom stereocenters. The van der Waals surface area contributed by atoms with Crippen LogP contribution in [0.15, 0.2) is 36.5 Å². The lowest BCUT2D eigenvalue weighted by molar-refractivity contribution is 0.0603. The van der Waals surface area contributed by atoms with Gasteiger partial charge in [-0.1, -0.05) is 12.1 Å². The van der Waals surface area contributed by atoms with Crippen molar-refractivity contribution in [3.05, 3.63) is 58.9 Å². The average molecular weight is 332 g/mol. The number of fused-ring (bicyclic) bond motifs is 3. The van der Waals surface area contributed by atoms with E-state index in [0.29, 0.717) is 23.5 Å². The fraction of sp³-hybridized carbons (Fsp3) is 0.211. The van der Waals surface area contributed by atoms with E-state index in [1.165, 1.54) is 7.11 Å². The van der Waals surface area contributed by atoms with Crippen molar-refractivity contribution in [2.45, 2.75) is 13.0 Å². The number of benzene rings is 1. The number of pyridine rings is 1. The molecule has 1 aliphatic rings. The number of para-hydroxylation sites is 1. The Morgan fingerprint density at radius 1 is 1.36 bits per heavy atom. The van der Waals surface area contributed by atoms with Crippen LogP contribution in [0.25, 0.3) is 10.9 Å². The number of esters is 1. The van der Waals surface area contributed by atoms with Gasteiger partial charge in [0.25, 0.3) is 0 Å². The molecule has 1 N–H and O–H groups in total. The van der Waals surface area contributed by atoms with Gasteiger partial charge in [-0.2, -0.15) is 5.26 Å². The molecule has 0 atom stereocenters. The smallest absolute Gasteiger partial charge is 0.339 e. The van der Waals surface area contributed by atoms with Gasteiger partial charge in [-0.05, 0) is 18.2 Å². The molecule has 1 aromatic carbocycles. The Labute approximate surface area is 144 Å². The van der Waals surface area contributed by atoms with E-state index in [0.717, 1.165) is 35.1 Å². The first-order valence-electron chi connectivity index (χ1n) is 8.03. The predicted octanol–water partition coefficient (Wildman–Crippen LogP) is 2.78. The van der Waals surface area contributed by atoms with Crippen molar-refractivity contribution in [1.82, 2.24) is 9.97 Å². The Morgan fingerprint density at radius 3 is 3.04 bits per heavy atom. The number of aromatic amines is 1. The van der Waals surface area contributed by atoms with Crippen LogP contribution in [0.1, 0.15) is 27.2 Å². The largest absolute Gasteiger partial charge is 0.465 e. The molecule has 0 radical (unpaired) electrons. The molecule has 0 saturated carbocycles. The highest BCUT2D eigenvalue weighted by atomic mass is 16.5. The molecule has 124 valence electrons. The molecular formula is C19H16N4O2. The summed E-state index contributed by atoms with van der Waals surface area (Å²) in [6.07, 6.45) is 2.50. The van der Waals surface area contributed by atoms with E-state index >= 15 is 0 Å². The van der Waals surface area contributed by atoms with Crippen LogP contribution in [-0.4, -0.2) is 29.6 Å². The molecule has 0 saturated heterocycles. The molecule has 0 spiro atoms. The van der Waals surface area contributed by atoms with Crippen molar-refractivity contribution >= 4 is 22.7 Å². The lowest BCUT2D eigenvalue weighted by atomic mass is 10.0. The van der Waals surface area contributed by atoms with Gasteiger partial charge in [-0.3, -0.25) is 0 Å². The summed E-state index contributed by atoms with van der Waals surface area (Å²) in [7, 11) is 1.39. The molecular weight excluding hydrogens is 316 g/mol. The molecule has 3 aromatic rings. The number of nitrogens with zero attached hydrogens (tertiary/aromatic N) is 3. The summed E-state index contributed by atoms with van der Waals surface area (Å²) in [6, 6.07) is 11.4. The topological polar surface area (TPSA) is 82.0 Å². The highest BCUT2D eigenvalue weighted by Crippen LogP contribution is 2.32. The Morgan fingerprint density at radius 2 is 2.24 bits per heavy atom. The molecule has 4 rings (SSSR count). The number of hydrogen-bond donors (Lipinski definition) is 1. The number of rotatable bonds is 2. The van der Waals surface area contributed by atoms with Gasteiger partial charge in [-0.15, -0.1) is 0 Å². The minimum absolute atomic E-state index is 0.349. The third-order valence-electron chi connectivity index (χ3n) is 4.62. The summed E-state index contributed by atoms with van der Waals surface area (Å²) in [5.74, 6) is 0.353. The summed E-state index contributed by atoms with van der Waals surface area (Å²) >= 11 is 0. The van der Waals surface area contributed by atoms with Crippen LogP contribution in [0.2, 0.25) is 0 Å². The van der Waals surface area contributed by atoms with Crippen LogP contribution in [-0.2, 0) is 17.7 Å². The van der Waals surface area contributed by atoms with Gasteiger partial charge in [-0.25, -0.2) is 9.78 Å². The number of carbonyl (C=O) groups is 1. The molecule has 6 nitrogen and oxygen atoms in total. The normalized spacial score (nSPS) is 13.4. The van der Waals surface area contributed by atoms with Crippen LogP contribution in [0.3, 0.4) is 0 Å². The number of aromatic nitrogens is 2. The van der Waals surface area contributed by atoms with Gasteiger partial charge in [0.15, 0.2) is 0 Å². The fourth-order valence-electron chi connectivity index (χ4n) is 3.44. The van der Waals surface area contributed by atoms with E-state index in [-0.39, 0.29) is 5.97 Å². The van der Waals surface area contributed by atoms with Gasteiger partial charge in [0, 0.05) is 42.4 Å². The molecule has 1 aliphatic heterocycles. The maximum absolute atomic E-state index is 12.0. The van der Waals surface area contributed by atoms with Gasteiger partial charge in [0.05, 0.1) is 23.8 Å². The van der Waals surface area contributed by atoms with Crippen molar-refractivity contribution in [2.75, 3.05) is 18.6 Å². The number of hydrogen-bond acceptors (Lipinski definition) is 5. The highest BCUT2D eigenvalue weighted by molar-refractivity contribution is 6.04. The molecule has 0 bridgehead atoms. The van der Waals surface area contributed by atoms with Crippen molar-refractivity contribution in [2.24, 2.45) is 0 Å². The van der Waals surface area contributed by atoms with Crippen LogP contribution < -0.4 is 4.90 Å². The molecule has 0 amide bonds. The summed E-state index contributed by atoms with van der Waals surface area (Å²) < 4.78 is 4.88. The molecule has 2 aromatic heterocycles. The van der Waals surface area contributed by atoms with E-state index in [2.05, 4.69) is 20.9 Å². The van der Waals surface area contributed by atoms with E-state index in [4.69, 9.17) is 4.74 Å². The zero-order chi connectivity index (χ0) is 17.4. The summed E-state index contributed by atoms with van der Waals surface area (Å²) in [6.45, 7) is 1.41. The Balaban J connectivity index is 1.79. The zero-order valence-corrected chi connectivity index (χ0v) is 13.7. The second-order valence-corrected chi connectivity index (χ2v) is 5.96. The Bertz CT molecular complexity index is 1020.